The van der Waals surface area contributed by atoms with Crippen LogP contribution in [0.1, 0.15) is 62.1 Å². The number of carbonyl (C=O) groups is 2. The molecule has 5 rings (SSSR count). The maximum atomic E-state index is 13.5. The Labute approximate surface area is 238 Å². The summed E-state index contributed by atoms with van der Waals surface area (Å²) in [5.74, 6) is 2.28. The van der Waals surface area contributed by atoms with Crippen molar-refractivity contribution in [3.05, 3.63) is 59.7 Å². The fourth-order valence-corrected chi connectivity index (χ4v) is 6.19. The summed E-state index contributed by atoms with van der Waals surface area (Å²) in [6.45, 7) is 4.20. The van der Waals surface area contributed by atoms with Crippen molar-refractivity contribution in [1.29, 1.82) is 0 Å². The van der Waals surface area contributed by atoms with Crippen molar-refractivity contribution >= 4 is 24.2 Å². The van der Waals surface area contributed by atoms with Crippen LogP contribution in [0, 0.1) is 11.3 Å². The maximum absolute atomic E-state index is 13.5. The van der Waals surface area contributed by atoms with Gasteiger partial charge in [-0.15, -0.1) is 12.4 Å². The first-order chi connectivity index (χ1) is 18.5. The zero-order chi connectivity index (χ0) is 26.5. The number of benzene rings is 2. The van der Waals surface area contributed by atoms with Crippen LogP contribution in [-0.2, 0) is 16.1 Å². The van der Waals surface area contributed by atoms with E-state index >= 15 is 0 Å². The first-order valence-electron chi connectivity index (χ1n) is 14.1. The van der Waals surface area contributed by atoms with Gasteiger partial charge in [0.25, 0.3) is 0 Å². The number of methoxy groups -OCH3 is 2. The van der Waals surface area contributed by atoms with Gasteiger partial charge < -0.3 is 24.6 Å². The third kappa shape index (κ3) is 6.52. The van der Waals surface area contributed by atoms with Crippen LogP contribution in [-0.4, -0.2) is 62.0 Å². The molecule has 3 aliphatic rings. The molecule has 0 aromatic heterocycles. The van der Waals surface area contributed by atoms with Crippen LogP contribution in [0.3, 0.4) is 0 Å². The standard InChI is InChI=1S/C31H41N3O4.ClH/c1-37-25-12-10-23(11-13-25)22-34-21-17-31(30(34)36)15-19-33(20-16-31)18-14-27(32-29(35)24-6-5-7-24)26-8-3-4-9-28(26)38-2;/h3-4,8-13,24,27H,5-7,14-22H2,1-2H3,(H,32,35);1H. The molecule has 1 aliphatic carbocycles. The first-order valence-corrected chi connectivity index (χ1v) is 14.1. The number of piperidine rings is 1. The molecule has 2 aliphatic heterocycles. The van der Waals surface area contributed by atoms with Crippen LogP contribution in [0.2, 0.25) is 0 Å². The van der Waals surface area contributed by atoms with Gasteiger partial charge in [-0.05, 0) is 75.4 Å². The second-order valence-electron chi connectivity index (χ2n) is 11.2. The Morgan fingerprint density at radius 2 is 1.69 bits per heavy atom. The molecule has 1 spiro atoms. The smallest absolute Gasteiger partial charge is 0.229 e. The highest BCUT2D eigenvalue weighted by Gasteiger charge is 2.47. The van der Waals surface area contributed by atoms with Crippen LogP contribution < -0.4 is 14.8 Å². The summed E-state index contributed by atoms with van der Waals surface area (Å²) in [5, 5.41) is 3.33. The highest BCUT2D eigenvalue weighted by molar-refractivity contribution is 5.85. The molecule has 2 aromatic carbocycles. The lowest BCUT2D eigenvalue weighted by atomic mass is 9.77. The van der Waals surface area contributed by atoms with Crippen LogP contribution >= 0.6 is 12.4 Å². The molecule has 212 valence electrons. The van der Waals surface area contributed by atoms with Crippen molar-refractivity contribution in [2.24, 2.45) is 11.3 Å². The Morgan fingerprint density at radius 3 is 2.33 bits per heavy atom. The van der Waals surface area contributed by atoms with Gasteiger partial charge in [0.1, 0.15) is 11.5 Å². The summed E-state index contributed by atoms with van der Waals surface area (Å²) in [6.07, 6.45) is 6.69. The number of hydrogen-bond donors (Lipinski definition) is 1. The molecule has 7 nitrogen and oxygen atoms in total. The number of nitrogens with one attached hydrogen (secondary N) is 1. The van der Waals surface area contributed by atoms with Gasteiger partial charge in [-0.25, -0.2) is 0 Å². The Kier molecular flexibility index (Phi) is 9.78. The van der Waals surface area contributed by atoms with Gasteiger partial charge in [-0.1, -0.05) is 36.8 Å². The molecule has 0 bridgehead atoms. The van der Waals surface area contributed by atoms with Gasteiger partial charge in [-0.2, -0.15) is 0 Å². The number of hydrogen-bond acceptors (Lipinski definition) is 5. The summed E-state index contributed by atoms with van der Waals surface area (Å²) in [7, 11) is 3.35. The first kappa shape index (κ1) is 29.2. The molecule has 1 N–H and O–H groups in total. The quantitative estimate of drug-likeness (QED) is 0.447. The summed E-state index contributed by atoms with van der Waals surface area (Å²) in [6, 6.07) is 15.9. The van der Waals surface area contributed by atoms with E-state index in [1.807, 2.05) is 47.4 Å². The van der Waals surface area contributed by atoms with Gasteiger partial charge in [0.15, 0.2) is 0 Å². The fourth-order valence-electron chi connectivity index (χ4n) is 6.19. The monoisotopic (exact) mass is 555 g/mol. The van der Waals surface area contributed by atoms with Crippen molar-refractivity contribution in [1.82, 2.24) is 15.1 Å². The third-order valence-electron chi connectivity index (χ3n) is 8.99. The third-order valence-corrected chi connectivity index (χ3v) is 8.99. The topological polar surface area (TPSA) is 71.1 Å². The zero-order valence-corrected chi connectivity index (χ0v) is 24.0. The normalized spacial score (nSPS) is 19.7. The lowest BCUT2D eigenvalue weighted by Crippen LogP contribution is -2.45. The van der Waals surface area contributed by atoms with Gasteiger partial charge in [0.2, 0.25) is 11.8 Å². The minimum atomic E-state index is -0.219. The van der Waals surface area contributed by atoms with E-state index in [2.05, 4.69) is 16.3 Å². The molecule has 1 unspecified atom stereocenters. The minimum Gasteiger partial charge on any atom is -0.497 e. The van der Waals surface area contributed by atoms with Gasteiger partial charge in [0, 0.05) is 31.1 Å². The Balaban J connectivity index is 0.00000353. The van der Waals surface area contributed by atoms with E-state index in [0.717, 1.165) is 93.8 Å². The number of halogens is 1. The van der Waals surface area contributed by atoms with Gasteiger partial charge >= 0.3 is 0 Å². The van der Waals surface area contributed by atoms with Crippen molar-refractivity contribution in [2.75, 3.05) is 40.4 Å². The average Bonchev–Trinajstić information content (AvgIpc) is 3.21. The second kappa shape index (κ2) is 13.1. The summed E-state index contributed by atoms with van der Waals surface area (Å²) >= 11 is 0. The Hall–Kier alpha value is -2.77. The largest absolute Gasteiger partial charge is 0.497 e. The van der Waals surface area contributed by atoms with Crippen molar-refractivity contribution in [3.8, 4) is 11.5 Å². The molecule has 3 fully saturated rings. The van der Waals surface area contributed by atoms with Crippen molar-refractivity contribution in [2.45, 2.75) is 57.5 Å². The molecule has 39 heavy (non-hydrogen) atoms. The SMILES string of the molecule is COc1ccc(CN2CCC3(CCN(CCC(NC(=O)C4CCC4)c4ccccc4OC)CC3)C2=O)cc1.Cl. The highest BCUT2D eigenvalue weighted by Crippen LogP contribution is 2.42. The predicted molar refractivity (Wildman–Crippen MR) is 154 cm³/mol. The van der Waals surface area contributed by atoms with E-state index in [9.17, 15) is 9.59 Å². The van der Waals surface area contributed by atoms with Gasteiger partial charge in [-0.3, -0.25) is 9.59 Å². The second-order valence-corrected chi connectivity index (χ2v) is 11.2. The lowest BCUT2D eigenvalue weighted by Gasteiger charge is -2.38. The molecule has 8 heteroatoms. The molecule has 1 saturated carbocycles. The fraction of sp³-hybridized carbons (Fsp3) is 0.548. The Morgan fingerprint density at radius 1 is 1.00 bits per heavy atom. The van der Waals surface area contributed by atoms with E-state index in [1.54, 1.807) is 14.2 Å². The summed E-state index contributed by atoms with van der Waals surface area (Å²) in [4.78, 5) is 30.8. The maximum Gasteiger partial charge on any atom is 0.229 e. The molecule has 1 atom stereocenters. The zero-order valence-electron chi connectivity index (χ0n) is 23.2. The molecule has 2 aromatic rings. The van der Waals surface area contributed by atoms with Gasteiger partial charge in [0.05, 0.1) is 25.7 Å². The molecule has 2 saturated heterocycles. The van der Waals surface area contributed by atoms with Crippen molar-refractivity contribution < 1.29 is 19.1 Å². The van der Waals surface area contributed by atoms with E-state index in [-0.39, 0.29) is 35.7 Å². The number of likely N-dealkylation sites (tertiary alicyclic amines) is 2. The molecule has 0 radical (unpaired) electrons. The van der Waals surface area contributed by atoms with E-state index < -0.39 is 0 Å². The lowest BCUT2D eigenvalue weighted by molar-refractivity contribution is -0.139. The van der Waals surface area contributed by atoms with Crippen LogP contribution in [0.4, 0.5) is 0 Å². The molecular weight excluding hydrogens is 514 g/mol. The average molecular weight is 556 g/mol. The number of ether oxygens (including phenoxy) is 2. The van der Waals surface area contributed by atoms with E-state index in [4.69, 9.17) is 9.47 Å². The van der Waals surface area contributed by atoms with Crippen LogP contribution in [0.15, 0.2) is 48.5 Å². The van der Waals surface area contributed by atoms with E-state index in [1.165, 1.54) is 0 Å². The highest BCUT2D eigenvalue weighted by atomic mass is 35.5. The van der Waals surface area contributed by atoms with Crippen molar-refractivity contribution in [3.63, 3.8) is 0 Å². The number of nitrogens with zero attached hydrogens (tertiary/aromatic N) is 2. The van der Waals surface area contributed by atoms with E-state index in [0.29, 0.717) is 12.5 Å². The predicted octanol–water partition coefficient (Wildman–Crippen LogP) is 4.99. The Bertz CT molecular complexity index is 1110. The molecular formula is C31H42ClN3O4. The summed E-state index contributed by atoms with van der Waals surface area (Å²) < 4.78 is 10.9. The summed E-state index contributed by atoms with van der Waals surface area (Å²) in [5.41, 5.74) is 1.96. The van der Waals surface area contributed by atoms with Crippen LogP contribution in [0.5, 0.6) is 11.5 Å². The molecule has 2 heterocycles. The number of carbonyl (C=O) groups excluding carboxylic acids is 2. The number of para-hydroxylation sites is 1. The minimum absolute atomic E-state index is 0. The molecule has 2 amide bonds. The number of rotatable bonds is 10. The number of amides is 2. The van der Waals surface area contributed by atoms with Crippen LogP contribution in [0.25, 0.3) is 0 Å².